The molecular weight excluding hydrogens is 497 g/mol. The third-order valence-corrected chi connectivity index (χ3v) is 7.61. The van der Waals surface area contributed by atoms with Crippen molar-refractivity contribution in [3.05, 3.63) is 112 Å². The Labute approximate surface area is 226 Å². The second-order valence-corrected chi connectivity index (χ2v) is 10.4. The van der Waals surface area contributed by atoms with Crippen LogP contribution in [0, 0.1) is 19.7 Å². The molecule has 194 valence electrons. The zero-order valence-electron chi connectivity index (χ0n) is 21.9. The number of aromatic nitrogens is 3. The highest BCUT2D eigenvalue weighted by molar-refractivity contribution is 7.98. The number of aryl methyl sites for hydroxylation is 3. The van der Waals surface area contributed by atoms with Crippen molar-refractivity contribution in [2.45, 2.75) is 51.1 Å². The van der Waals surface area contributed by atoms with Crippen LogP contribution in [0.1, 0.15) is 47.7 Å². The van der Waals surface area contributed by atoms with E-state index in [-0.39, 0.29) is 11.7 Å². The fourth-order valence-electron chi connectivity index (χ4n) is 4.63. The first kappa shape index (κ1) is 25.7. The van der Waals surface area contributed by atoms with E-state index in [1.807, 2.05) is 57.2 Å². The van der Waals surface area contributed by atoms with Gasteiger partial charge in [-0.05, 0) is 61.6 Å². The maximum Gasteiger partial charge on any atom is 0.255 e. The Hall–Kier alpha value is -3.91. The largest absolute Gasteiger partial charge is 0.328 e. The molecule has 3 aromatic carbocycles. The van der Waals surface area contributed by atoms with Crippen LogP contribution in [0.15, 0.2) is 83.2 Å². The van der Waals surface area contributed by atoms with Gasteiger partial charge in [-0.2, -0.15) is 4.98 Å². The summed E-state index contributed by atoms with van der Waals surface area (Å²) in [5.74, 6) is 0.497. The van der Waals surface area contributed by atoms with Gasteiger partial charge >= 0.3 is 0 Å². The van der Waals surface area contributed by atoms with Gasteiger partial charge in [-0.25, -0.2) is 9.07 Å². The third kappa shape index (κ3) is 5.22. The van der Waals surface area contributed by atoms with E-state index in [4.69, 9.17) is 5.10 Å². The molecule has 5 rings (SSSR count). The highest BCUT2D eigenvalue weighted by atomic mass is 32.2. The van der Waals surface area contributed by atoms with E-state index in [0.717, 1.165) is 28.8 Å². The number of hydrogen-bond acceptors (Lipinski definition) is 5. The first-order valence-corrected chi connectivity index (χ1v) is 13.6. The number of halogens is 1. The van der Waals surface area contributed by atoms with Crippen molar-refractivity contribution in [2.24, 2.45) is 0 Å². The second-order valence-electron chi connectivity index (χ2n) is 9.48. The lowest BCUT2D eigenvalue weighted by atomic mass is 9.94. The van der Waals surface area contributed by atoms with Crippen LogP contribution in [-0.2, 0) is 17.0 Å². The van der Waals surface area contributed by atoms with E-state index in [1.165, 1.54) is 23.4 Å². The van der Waals surface area contributed by atoms with Gasteiger partial charge in [-0.1, -0.05) is 78.8 Å². The molecule has 4 aromatic rings. The van der Waals surface area contributed by atoms with Gasteiger partial charge in [0.2, 0.25) is 11.1 Å². The molecule has 8 heteroatoms. The van der Waals surface area contributed by atoms with Crippen LogP contribution in [0.3, 0.4) is 0 Å². The Morgan fingerprint density at radius 3 is 2.55 bits per heavy atom. The summed E-state index contributed by atoms with van der Waals surface area (Å²) in [7, 11) is 0. The smallest absolute Gasteiger partial charge is 0.255 e. The van der Waals surface area contributed by atoms with Crippen LogP contribution in [0.4, 0.5) is 16.0 Å². The minimum Gasteiger partial charge on any atom is -0.328 e. The first-order chi connectivity index (χ1) is 18.3. The summed E-state index contributed by atoms with van der Waals surface area (Å²) in [6.07, 6.45) is 0.923. The maximum absolute atomic E-state index is 14.2. The van der Waals surface area contributed by atoms with Crippen LogP contribution in [0.25, 0.3) is 0 Å². The molecule has 0 aliphatic carbocycles. The number of rotatable bonds is 7. The van der Waals surface area contributed by atoms with E-state index in [2.05, 4.69) is 34.7 Å². The molecule has 38 heavy (non-hydrogen) atoms. The number of carbonyl (C=O) groups excluding carboxylic acids is 1. The second kappa shape index (κ2) is 10.8. The molecule has 1 aromatic heterocycles. The lowest BCUT2D eigenvalue weighted by Crippen LogP contribution is -2.31. The summed E-state index contributed by atoms with van der Waals surface area (Å²) < 4.78 is 15.9. The van der Waals surface area contributed by atoms with E-state index in [1.54, 1.807) is 16.8 Å². The van der Waals surface area contributed by atoms with Crippen molar-refractivity contribution >= 4 is 29.3 Å². The van der Waals surface area contributed by atoms with E-state index < -0.39 is 6.04 Å². The van der Waals surface area contributed by atoms with Crippen LogP contribution in [0.2, 0.25) is 0 Å². The number of allylic oxidation sites excluding steroid dienone is 1. The minimum absolute atomic E-state index is 0.201. The Morgan fingerprint density at radius 2 is 1.84 bits per heavy atom. The zero-order valence-corrected chi connectivity index (χ0v) is 22.7. The summed E-state index contributed by atoms with van der Waals surface area (Å²) in [6.45, 7) is 8.01. The molecule has 0 saturated heterocycles. The topological polar surface area (TPSA) is 71.8 Å². The molecule has 1 unspecified atom stereocenters. The van der Waals surface area contributed by atoms with Gasteiger partial charge < -0.3 is 10.6 Å². The van der Waals surface area contributed by atoms with E-state index in [0.29, 0.717) is 33.7 Å². The lowest BCUT2D eigenvalue weighted by molar-refractivity contribution is -0.113. The van der Waals surface area contributed by atoms with Crippen molar-refractivity contribution in [3.63, 3.8) is 0 Å². The van der Waals surface area contributed by atoms with Crippen LogP contribution < -0.4 is 10.6 Å². The fraction of sp³-hybridized carbons (Fsp3) is 0.233. The van der Waals surface area contributed by atoms with E-state index >= 15 is 0 Å². The predicted octanol–water partition coefficient (Wildman–Crippen LogP) is 6.82. The monoisotopic (exact) mass is 527 g/mol. The Balaban J connectivity index is 1.50. The quantitative estimate of drug-likeness (QED) is 0.258. The average Bonchev–Trinajstić information content (AvgIpc) is 3.31. The molecule has 2 heterocycles. The van der Waals surface area contributed by atoms with Gasteiger partial charge in [0.05, 0.1) is 5.57 Å². The minimum atomic E-state index is -0.474. The van der Waals surface area contributed by atoms with Crippen molar-refractivity contribution in [1.82, 2.24) is 14.8 Å². The van der Waals surface area contributed by atoms with Crippen LogP contribution in [0.5, 0.6) is 0 Å². The molecule has 0 saturated carbocycles. The molecular formula is C30H30FN5OS. The number of hydrogen-bond donors (Lipinski definition) is 2. The Bertz CT molecular complexity index is 1530. The summed E-state index contributed by atoms with van der Waals surface area (Å²) in [4.78, 5) is 18.4. The van der Waals surface area contributed by atoms with Gasteiger partial charge in [0.15, 0.2) is 0 Å². The average molecular weight is 528 g/mol. The standard InChI is InChI=1S/C30H30FN5OS/c1-5-21-11-13-22(14-12-21)27-26(28(37)33-25-15-10-18(2)16-19(25)3)20(4)32-29-34-30(35-36(27)29)38-17-23-8-6-7-9-24(23)31/h6-16,27H,5,17H2,1-4H3,(H,33,37)(H,32,34,35). The third-order valence-electron chi connectivity index (χ3n) is 6.73. The summed E-state index contributed by atoms with van der Waals surface area (Å²) in [6, 6.07) is 20.4. The summed E-state index contributed by atoms with van der Waals surface area (Å²) in [5.41, 5.74) is 6.92. The number of carbonyl (C=O) groups is 1. The SMILES string of the molecule is CCc1ccc(C2C(C(=O)Nc3ccc(C)cc3C)=C(C)Nc3nc(SCc4ccccc4F)nn32)cc1. The zero-order chi connectivity index (χ0) is 26.8. The molecule has 6 nitrogen and oxygen atoms in total. The van der Waals surface area contributed by atoms with Crippen molar-refractivity contribution < 1.29 is 9.18 Å². The van der Waals surface area contributed by atoms with Crippen molar-refractivity contribution in [2.75, 3.05) is 10.6 Å². The molecule has 0 fully saturated rings. The molecule has 1 atom stereocenters. The van der Waals surface area contributed by atoms with Gasteiger partial charge in [-0.3, -0.25) is 4.79 Å². The fourth-order valence-corrected chi connectivity index (χ4v) is 5.45. The molecule has 2 N–H and O–H groups in total. The molecule has 0 bridgehead atoms. The predicted molar refractivity (Wildman–Crippen MR) is 151 cm³/mol. The van der Waals surface area contributed by atoms with Crippen LogP contribution in [-0.4, -0.2) is 20.7 Å². The Morgan fingerprint density at radius 1 is 1.08 bits per heavy atom. The summed E-state index contributed by atoms with van der Waals surface area (Å²) >= 11 is 1.36. The lowest BCUT2D eigenvalue weighted by Gasteiger charge is -2.29. The van der Waals surface area contributed by atoms with Gasteiger partial charge in [0.25, 0.3) is 5.91 Å². The normalized spacial score (nSPS) is 14.7. The van der Waals surface area contributed by atoms with Crippen molar-refractivity contribution in [1.29, 1.82) is 0 Å². The molecule has 1 aliphatic heterocycles. The number of amides is 1. The van der Waals surface area contributed by atoms with Gasteiger partial charge in [0, 0.05) is 17.1 Å². The first-order valence-electron chi connectivity index (χ1n) is 12.6. The number of benzene rings is 3. The summed E-state index contributed by atoms with van der Waals surface area (Å²) in [5, 5.41) is 11.7. The maximum atomic E-state index is 14.2. The molecule has 1 aliphatic rings. The van der Waals surface area contributed by atoms with Gasteiger partial charge in [0.1, 0.15) is 11.9 Å². The van der Waals surface area contributed by atoms with E-state index in [9.17, 15) is 9.18 Å². The number of nitrogens with zero attached hydrogens (tertiary/aromatic N) is 3. The molecule has 1 amide bonds. The van der Waals surface area contributed by atoms with Crippen LogP contribution >= 0.6 is 11.8 Å². The highest BCUT2D eigenvalue weighted by Crippen LogP contribution is 2.37. The Kier molecular flexibility index (Phi) is 7.33. The number of nitrogens with one attached hydrogen (secondary N) is 2. The number of fused-ring (bicyclic) bond motifs is 1. The number of anilines is 2. The van der Waals surface area contributed by atoms with Crippen molar-refractivity contribution in [3.8, 4) is 0 Å². The highest BCUT2D eigenvalue weighted by Gasteiger charge is 2.34. The molecule has 0 radical (unpaired) electrons. The molecule has 0 spiro atoms. The number of thioether (sulfide) groups is 1. The van der Waals surface area contributed by atoms with Gasteiger partial charge in [-0.15, -0.1) is 5.10 Å².